The van der Waals surface area contributed by atoms with Crippen LogP contribution in [0.3, 0.4) is 0 Å². The van der Waals surface area contributed by atoms with Gasteiger partial charge in [0.15, 0.2) is 0 Å². The minimum atomic E-state index is -1.17. The summed E-state index contributed by atoms with van der Waals surface area (Å²) in [5.74, 6) is 0.387. The Bertz CT molecular complexity index is 1130. The molecule has 7 heteroatoms. The Morgan fingerprint density at radius 1 is 1.29 bits per heavy atom. The molecule has 0 aliphatic carbocycles. The Kier molecular flexibility index (Phi) is 6.27. The second-order valence-corrected chi connectivity index (χ2v) is 11.5. The third-order valence-corrected chi connectivity index (χ3v) is 7.47. The summed E-state index contributed by atoms with van der Waals surface area (Å²) in [5.41, 5.74) is 7.98. The van der Waals surface area contributed by atoms with Crippen molar-refractivity contribution in [1.82, 2.24) is 4.90 Å². The Labute approximate surface area is 205 Å². The number of hydrogen-bond acceptors (Lipinski definition) is 6. The highest BCUT2D eigenvalue weighted by atomic mass is 32.1. The van der Waals surface area contributed by atoms with Crippen molar-refractivity contribution < 1.29 is 19.1 Å². The van der Waals surface area contributed by atoms with Crippen LogP contribution < -0.4 is 10.5 Å². The molecule has 0 fully saturated rings. The number of amides is 1. The molecule has 6 nitrogen and oxygen atoms in total. The third kappa shape index (κ3) is 4.11. The van der Waals surface area contributed by atoms with Crippen molar-refractivity contribution in [3.8, 4) is 5.75 Å². The van der Waals surface area contributed by atoms with Crippen molar-refractivity contribution in [3.63, 3.8) is 0 Å². The number of carbonyl (C=O) groups excluding carboxylic acids is 2. The lowest BCUT2D eigenvalue weighted by molar-refractivity contribution is -0.152. The van der Waals surface area contributed by atoms with Crippen LogP contribution in [0, 0.1) is 5.92 Å². The Balaban J connectivity index is 1.93. The van der Waals surface area contributed by atoms with Crippen LogP contribution in [0.15, 0.2) is 41.4 Å². The molecule has 2 unspecified atom stereocenters. The van der Waals surface area contributed by atoms with Crippen molar-refractivity contribution in [2.45, 2.75) is 64.5 Å². The first-order valence-electron chi connectivity index (χ1n) is 11.7. The van der Waals surface area contributed by atoms with E-state index in [0.717, 1.165) is 40.2 Å². The van der Waals surface area contributed by atoms with Crippen LogP contribution in [0.25, 0.3) is 0 Å². The normalized spacial score (nSPS) is 21.7. The van der Waals surface area contributed by atoms with Gasteiger partial charge in [-0.2, -0.15) is 0 Å². The van der Waals surface area contributed by atoms with Gasteiger partial charge in [0.25, 0.3) is 0 Å². The Morgan fingerprint density at radius 2 is 2.03 bits per heavy atom. The fraction of sp³-hybridized carbons (Fsp3) is 0.481. The number of esters is 1. The maximum atomic E-state index is 13.3. The molecular formula is C27H34N2O4S. The van der Waals surface area contributed by atoms with E-state index >= 15 is 0 Å². The maximum Gasteiger partial charge on any atom is 0.354 e. The van der Waals surface area contributed by atoms with Crippen LogP contribution in [0.5, 0.6) is 5.75 Å². The molecular weight excluding hydrogens is 448 g/mol. The maximum absolute atomic E-state index is 13.3. The fourth-order valence-electron chi connectivity index (χ4n) is 5.17. The number of fused-ring (bicyclic) bond motifs is 3. The molecule has 1 amide bonds. The first-order chi connectivity index (χ1) is 16.0. The van der Waals surface area contributed by atoms with Crippen molar-refractivity contribution in [3.05, 3.63) is 63.0 Å². The van der Waals surface area contributed by atoms with E-state index in [-0.39, 0.29) is 0 Å². The van der Waals surface area contributed by atoms with E-state index in [0.29, 0.717) is 18.2 Å². The second-order valence-electron chi connectivity index (χ2n) is 10.5. The summed E-state index contributed by atoms with van der Waals surface area (Å²) in [4.78, 5) is 29.5. The molecule has 3 heterocycles. The van der Waals surface area contributed by atoms with Gasteiger partial charge in [0.05, 0.1) is 13.2 Å². The summed E-state index contributed by atoms with van der Waals surface area (Å²) in [6.45, 7) is 10.4. The van der Waals surface area contributed by atoms with E-state index in [1.54, 1.807) is 13.2 Å². The van der Waals surface area contributed by atoms with Crippen LogP contribution in [-0.2, 0) is 32.6 Å². The first kappa shape index (κ1) is 24.3. The van der Waals surface area contributed by atoms with E-state index < -0.39 is 28.9 Å². The molecule has 2 N–H and O–H groups in total. The highest BCUT2D eigenvalue weighted by Gasteiger charge is 2.57. The van der Waals surface area contributed by atoms with Crippen LogP contribution in [0.4, 0.5) is 0 Å². The summed E-state index contributed by atoms with van der Waals surface area (Å²) in [6.07, 6.45) is 3.32. The molecule has 0 saturated heterocycles. The number of nitrogens with zero attached hydrogens (tertiary/aromatic N) is 1. The zero-order valence-corrected chi connectivity index (χ0v) is 21.6. The van der Waals surface area contributed by atoms with Gasteiger partial charge >= 0.3 is 5.97 Å². The number of nitrogens with two attached hydrogens (primary N) is 1. The molecule has 0 spiro atoms. The molecule has 0 saturated carbocycles. The van der Waals surface area contributed by atoms with E-state index in [4.69, 9.17) is 15.2 Å². The fourth-order valence-corrected chi connectivity index (χ4v) is 6.09. The second kappa shape index (κ2) is 8.77. The molecule has 34 heavy (non-hydrogen) atoms. The smallest absolute Gasteiger partial charge is 0.354 e. The largest absolute Gasteiger partial charge is 0.496 e. The highest BCUT2D eigenvalue weighted by molar-refractivity contribution is 7.10. The number of rotatable bonds is 6. The molecule has 2 atom stereocenters. The predicted molar refractivity (Wildman–Crippen MR) is 134 cm³/mol. The minimum Gasteiger partial charge on any atom is -0.496 e. The molecule has 2 aliphatic rings. The van der Waals surface area contributed by atoms with Gasteiger partial charge in [0.2, 0.25) is 5.91 Å². The average Bonchev–Trinajstić information content (AvgIpc) is 3.38. The van der Waals surface area contributed by atoms with E-state index in [1.165, 1.54) is 11.3 Å². The zero-order valence-electron chi connectivity index (χ0n) is 20.8. The molecule has 182 valence electrons. The van der Waals surface area contributed by atoms with Crippen molar-refractivity contribution in [2.75, 3.05) is 13.7 Å². The lowest BCUT2D eigenvalue weighted by Gasteiger charge is -2.42. The Morgan fingerprint density at radius 3 is 2.59 bits per heavy atom. The van der Waals surface area contributed by atoms with Crippen LogP contribution in [-0.4, -0.2) is 36.0 Å². The van der Waals surface area contributed by atoms with E-state index in [2.05, 4.69) is 26.0 Å². The molecule has 1 aromatic carbocycles. The average molecular weight is 483 g/mol. The van der Waals surface area contributed by atoms with Gasteiger partial charge in [0.1, 0.15) is 22.5 Å². The molecule has 0 bridgehead atoms. The molecule has 2 aliphatic heterocycles. The summed E-state index contributed by atoms with van der Waals surface area (Å²) in [6, 6.07) is 7.66. The number of thiophene rings is 1. The highest BCUT2D eigenvalue weighted by Crippen LogP contribution is 2.54. The number of methoxy groups -OCH3 is 1. The lowest BCUT2D eigenvalue weighted by Crippen LogP contribution is -2.48. The lowest BCUT2D eigenvalue weighted by atomic mass is 9.73. The van der Waals surface area contributed by atoms with Crippen LogP contribution in [0.2, 0.25) is 0 Å². The molecule has 1 aromatic heterocycles. The van der Waals surface area contributed by atoms with Gasteiger partial charge in [0, 0.05) is 11.4 Å². The summed E-state index contributed by atoms with van der Waals surface area (Å²) in [5, 5.41) is 1.94. The Hall–Kier alpha value is -2.80. The quantitative estimate of drug-likeness (QED) is 0.613. The SMILES string of the molecule is COc1cc2c(cc1CC(C)C)C1N(CC2)C(C(=O)OC(C)(C)C)=CC1(C(N)=O)c1cccs1. The number of ether oxygens (including phenoxy) is 2. The number of primary amides is 1. The van der Waals surface area contributed by atoms with Crippen molar-refractivity contribution in [2.24, 2.45) is 11.7 Å². The van der Waals surface area contributed by atoms with Gasteiger partial charge < -0.3 is 20.1 Å². The minimum absolute atomic E-state index is 0.402. The predicted octanol–water partition coefficient (Wildman–Crippen LogP) is 4.52. The summed E-state index contributed by atoms with van der Waals surface area (Å²) < 4.78 is 11.5. The van der Waals surface area contributed by atoms with Gasteiger partial charge in [-0.3, -0.25) is 4.79 Å². The number of benzene rings is 1. The standard InChI is InChI=1S/C27H34N2O4S/c1-16(2)12-18-13-19-17(14-21(18)32-6)9-10-29-20(24(30)33-26(3,4)5)15-27(23(19)29,25(28)31)22-8-7-11-34-22/h7-8,11,13-16,23H,9-10,12H2,1-6H3,(H2,28,31). The number of carbonyl (C=O) groups is 2. The summed E-state index contributed by atoms with van der Waals surface area (Å²) in [7, 11) is 1.69. The van der Waals surface area contributed by atoms with E-state index in [1.807, 2.05) is 43.2 Å². The zero-order chi connectivity index (χ0) is 24.8. The monoisotopic (exact) mass is 482 g/mol. The van der Waals surface area contributed by atoms with Gasteiger partial charge in [-0.05, 0) is 85.9 Å². The summed E-state index contributed by atoms with van der Waals surface area (Å²) >= 11 is 1.48. The van der Waals surface area contributed by atoms with Gasteiger partial charge in [-0.25, -0.2) is 4.79 Å². The topological polar surface area (TPSA) is 81.9 Å². The molecule has 4 rings (SSSR count). The molecule has 2 aromatic rings. The van der Waals surface area contributed by atoms with Crippen LogP contribution >= 0.6 is 11.3 Å². The first-order valence-corrected chi connectivity index (χ1v) is 12.6. The van der Waals surface area contributed by atoms with E-state index in [9.17, 15) is 9.59 Å². The van der Waals surface area contributed by atoms with Crippen molar-refractivity contribution in [1.29, 1.82) is 0 Å². The van der Waals surface area contributed by atoms with Crippen molar-refractivity contribution >= 4 is 23.2 Å². The van der Waals surface area contributed by atoms with Crippen LogP contribution in [0.1, 0.15) is 62.2 Å². The number of hydrogen-bond donors (Lipinski definition) is 1. The molecule has 0 radical (unpaired) electrons. The van der Waals surface area contributed by atoms with Gasteiger partial charge in [-0.15, -0.1) is 11.3 Å². The van der Waals surface area contributed by atoms with Gasteiger partial charge in [-0.1, -0.05) is 19.9 Å². The third-order valence-electron chi connectivity index (χ3n) is 6.45.